The summed E-state index contributed by atoms with van der Waals surface area (Å²) in [5, 5.41) is 2.07. The van der Waals surface area contributed by atoms with Crippen molar-refractivity contribution in [2.24, 2.45) is 0 Å². The lowest BCUT2D eigenvalue weighted by atomic mass is 10.1. The van der Waals surface area contributed by atoms with Gasteiger partial charge < -0.3 is 14.0 Å². The molecule has 2 heterocycles. The average Bonchev–Trinajstić information content (AvgIpc) is 3.34. The summed E-state index contributed by atoms with van der Waals surface area (Å²) in [5.74, 6) is 1.37. The number of aromatic nitrogens is 1. The van der Waals surface area contributed by atoms with Gasteiger partial charge in [0, 0.05) is 34.8 Å². The molecule has 0 amide bonds. The molecule has 166 valence electrons. The summed E-state index contributed by atoms with van der Waals surface area (Å²) in [6, 6.07) is 17.1. The van der Waals surface area contributed by atoms with Gasteiger partial charge in [0.1, 0.15) is 18.1 Å². The molecular weight excluding hydrogens is 457 g/mol. The Morgan fingerprint density at radius 3 is 2.67 bits per heavy atom. The predicted octanol–water partition coefficient (Wildman–Crippen LogP) is 7.47. The van der Waals surface area contributed by atoms with Crippen LogP contribution in [0.25, 0.3) is 17.0 Å². The highest BCUT2D eigenvalue weighted by Crippen LogP contribution is 2.40. The normalized spacial score (nSPS) is 14.1. The molecule has 0 radical (unpaired) electrons. The van der Waals surface area contributed by atoms with E-state index in [-0.39, 0.29) is 5.78 Å². The molecular formula is C27H21Cl2NO3. The highest BCUT2D eigenvalue weighted by atomic mass is 35.5. The molecule has 0 saturated heterocycles. The molecule has 33 heavy (non-hydrogen) atoms. The number of Topliss-reactive ketones (excluding diaryl/α,β-unsaturated/α-hetero) is 1. The summed E-state index contributed by atoms with van der Waals surface area (Å²) in [6.45, 7) is 5.16. The van der Waals surface area contributed by atoms with Gasteiger partial charge in [0.05, 0.1) is 15.6 Å². The minimum atomic E-state index is -0.127. The van der Waals surface area contributed by atoms with Crippen LogP contribution in [0.15, 0.2) is 66.6 Å². The summed E-state index contributed by atoms with van der Waals surface area (Å²) >= 11 is 12.1. The van der Waals surface area contributed by atoms with Crippen molar-refractivity contribution < 1.29 is 14.3 Å². The largest absolute Gasteiger partial charge is 0.488 e. The third-order valence-electron chi connectivity index (χ3n) is 5.86. The number of benzene rings is 3. The fourth-order valence-corrected chi connectivity index (χ4v) is 4.43. The molecule has 0 atom stereocenters. The lowest BCUT2D eigenvalue weighted by Crippen LogP contribution is -1.98. The highest BCUT2D eigenvalue weighted by molar-refractivity contribution is 6.42. The Labute approximate surface area is 202 Å². The standard InChI is InChI=1S/C27H21Cl2NO3/c1-3-30-14-18(19-6-4-5-7-23(19)30)13-25-26(31)20-9-11-24(16(2)27(20)33-25)32-15-17-8-10-21(28)22(29)12-17/h4-14H,3,15H2,1-2H3/b25-13+. The Hall–Kier alpha value is -3.21. The molecule has 4 aromatic rings. The first-order valence-corrected chi connectivity index (χ1v) is 11.4. The van der Waals surface area contributed by atoms with Crippen LogP contribution in [0.5, 0.6) is 11.5 Å². The van der Waals surface area contributed by atoms with Crippen molar-refractivity contribution in [3.63, 3.8) is 0 Å². The fraction of sp³-hybridized carbons (Fsp3) is 0.148. The number of carbonyl (C=O) groups excluding carboxylic acids is 1. The van der Waals surface area contributed by atoms with Crippen molar-refractivity contribution in [1.82, 2.24) is 4.57 Å². The van der Waals surface area contributed by atoms with E-state index in [0.29, 0.717) is 39.5 Å². The second-order valence-corrected chi connectivity index (χ2v) is 8.74. The van der Waals surface area contributed by atoms with Crippen LogP contribution in [0.3, 0.4) is 0 Å². The number of fused-ring (bicyclic) bond motifs is 2. The molecule has 0 N–H and O–H groups in total. The Morgan fingerprint density at radius 2 is 1.88 bits per heavy atom. The van der Waals surface area contributed by atoms with Crippen LogP contribution in [-0.2, 0) is 13.2 Å². The summed E-state index contributed by atoms with van der Waals surface area (Å²) in [7, 11) is 0. The Kier molecular flexibility index (Phi) is 5.65. The number of halogens is 2. The van der Waals surface area contributed by atoms with Gasteiger partial charge in [-0.3, -0.25) is 4.79 Å². The van der Waals surface area contributed by atoms with E-state index >= 15 is 0 Å². The van der Waals surface area contributed by atoms with Gasteiger partial charge in [-0.15, -0.1) is 0 Å². The second kappa shape index (κ2) is 8.62. The number of ether oxygens (including phenoxy) is 2. The maximum absolute atomic E-state index is 13.1. The Bertz CT molecular complexity index is 1440. The summed E-state index contributed by atoms with van der Waals surface area (Å²) in [4.78, 5) is 13.1. The number of nitrogens with zero attached hydrogens (tertiary/aromatic N) is 1. The van der Waals surface area contributed by atoms with E-state index in [4.69, 9.17) is 32.7 Å². The minimum absolute atomic E-state index is 0.127. The van der Waals surface area contributed by atoms with Gasteiger partial charge in [-0.25, -0.2) is 0 Å². The van der Waals surface area contributed by atoms with E-state index in [1.165, 1.54) is 0 Å². The van der Waals surface area contributed by atoms with Crippen molar-refractivity contribution in [3.8, 4) is 11.5 Å². The van der Waals surface area contributed by atoms with Crippen LogP contribution in [-0.4, -0.2) is 10.4 Å². The monoisotopic (exact) mass is 477 g/mol. The smallest absolute Gasteiger partial charge is 0.231 e. The van der Waals surface area contributed by atoms with Gasteiger partial charge in [0.2, 0.25) is 5.78 Å². The molecule has 0 aliphatic carbocycles. The van der Waals surface area contributed by atoms with E-state index in [1.54, 1.807) is 24.3 Å². The quantitative estimate of drug-likeness (QED) is 0.280. The van der Waals surface area contributed by atoms with Crippen LogP contribution in [0.2, 0.25) is 10.0 Å². The lowest BCUT2D eigenvalue weighted by molar-refractivity contribution is 0.101. The Morgan fingerprint density at radius 1 is 1.06 bits per heavy atom. The van der Waals surface area contributed by atoms with Crippen molar-refractivity contribution in [2.45, 2.75) is 27.0 Å². The molecule has 5 rings (SSSR count). The maximum atomic E-state index is 13.1. The lowest BCUT2D eigenvalue weighted by Gasteiger charge is -2.12. The number of rotatable bonds is 5. The zero-order valence-electron chi connectivity index (χ0n) is 18.2. The number of hydrogen-bond donors (Lipinski definition) is 0. The van der Waals surface area contributed by atoms with Crippen LogP contribution in [0, 0.1) is 6.92 Å². The van der Waals surface area contributed by atoms with Gasteiger partial charge in [-0.1, -0.05) is 47.5 Å². The van der Waals surface area contributed by atoms with Gasteiger partial charge in [-0.2, -0.15) is 0 Å². The zero-order valence-corrected chi connectivity index (χ0v) is 19.7. The molecule has 0 saturated carbocycles. The number of ketones is 1. The molecule has 0 bridgehead atoms. The van der Waals surface area contributed by atoms with Crippen LogP contribution >= 0.6 is 23.2 Å². The third kappa shape index (κ3) is 3.90. The van der Waals surface area contributed by atoms with E-state index < -0.39 is 0 Å². The highest BCUT2D eigenvalue weighted by Gasteiger charge is 2.30. The first-order chi connectivity index (χ1) is 16.0. The van der Waals surface area contributed by atoms with E-state index in [2.05, 4.69) is 29.8 Å². The molecule has 6 heteroatoms. The summed E-state index contributed by atoms with van der Waals surface area (Å²) < 4.78 is 14.2. The van der Waals surface area contributed by atoms with Gasteiger partial charge in [-0.05, 0) is 55.8 Å². The summed E-state index contributed by atoms with van der Waals surface area (Å²) in [5.41, 5.74) is 4.30. The first-order valence-electron chi connectivity index (χ1n) is 10.7. The SMILES string of the molecule is CCn1cc(/C=C2/Oc3c(ccc(OCc4ccc(Cl)c(Cl)c4)c3C)C2=O)c2ccccc21. The number of carbonyl (C=O) groups is 1. The Balaban J connectivity index is 1.43. The molecule has 1 aromatic heterocycles. The van der Waals surface area contributed by atoms with Crippen molar-refractivity contribution in [2.75, 3.05) is 0 Å². The van der Waals surface area contributed by atoms with Gasteiger partial charge >= 0.3 is 0 Å². The van der Waals surface area contributed by atoms with Crippen molar-refractivity contribution >= 4 is 46.0 Å². The van der Waals surface area contributed by atoms with Crippen LogP contribution < -0.4 is 9.47 Å². The van der Waals surface area contributed by atoms with Gasteiger partial charge in [0.15, 0.2) is 5.76 Å². The van der Waals surface area contributed by atoms with E-state index in [9.17, 15) is 4.79 Å². The second-order valence-electron chi connectivity index (χ2n) is 7.93. The number of aryl methyl sites for hydroxylation is 1. The first kappa shape index (κ1) is 21.6. The molecule has 0 fully saturated rings. The number of allylic oxidation sites excluding steroid dienone is 1. The maximum Gasteiger partial charge on any atom is 0.231 e. The predicted molar refractivity (Wildman–Crippen MR) is 133 cm³/mol. The third-order valence-corrected chi connectivity index (χ3v) is 6.60. The van der Waals surface area contributed by atoms with Crippen LogP contribution in [0.4, 0.5) is 0 Å². The molecule has 1 aliphatic heterocycles. The molecule has 1 aliphatic rings. The van der Waals surface area contributed by atoms with Crippen LogP contribution in [0.1, 0.15) is 34.0 Å². The minimum Gasteiger partial charge on any atom is -0.488 e. The topological polar surface area (TPSA) is 40.5 Å². The average molecular weight is 478 g/mol. The zero-order chi connectivity index (χ0) is 23.1. The molecule has 4 nitrogen and oxygen atoms in total. The number of para-hydroxylation sites is 1. The summed E-state index contributed by atoms with van der Waals surface area (Å²) in [6.07, 6.45) is 3.88. The molecule has 3 aromatic carbocycles. The van der Waals surface area contributed by atoms with Crippen molar-refractivity contribution in [3.05, 3.63) is 98.9 Å². The molecule has 0 unspecified atom stereocenters. The van der Waals surface area contributed by atoms with E-state index in [0.717, 1.165) is 34.1 Å². The fourth-order valence-electron chi connectivity index (χ4n) is 4.11. The molecule has 0 spiro atoms. The van der Waals surface area contributed by atoms with Gasteiger partial charge in [0.25, 0.3) is 0 Å². The number of hydrogen-bond acceptors (Lipinski definition) is 3. The van der Waals surface area contributed by atoms with E-state index in [1.807, 2.05) is 31.2 Å². The van der Waals surface area contributed by atoms with Crippen molar-refractivity contribution in [1.29, 1.82) is 0 Å².